The Morgan fingerprint density at radius 1 is 1.00 bits per heavy atom. The van der Waals surface area contributed by atoms with E-state index in [4.69, 9.17) is 4.42 Å². The van der Waals surface area contributed by atoms with Crippen molar-refractivity contribution in [1.29, 1.82) is 0 Å². The molecule has 0 amide bonds. The number of aryl methyl sites for hydroxylation is 2. The van der Waals surface area contributed by atoms with Crippen molar-refractivity contribution in [2.75, 3.05) is 7.05 Å². The minimum atomic E-state index is 0.796. The van der Waals surface area contributed by atoms with Gasteiger partial charge in [-0.1, -0.05) is 18.2 Å². The predicted octanol–water partition coefficient (Wildman–Crippen LogP) is 3.47. The van der Waals surface area contributed by atoms with E-state index < -0.39 is 0 Å². The van der Waals surface area contributed by atoms with Crippen LogP contribution in [0.4, 0.5) is 0 Å². The highest BCUT2D eigenvalue weighted by Crippen LogP contribution is 2.23. The van der Waals surface area contributed by atoms with Gasteiger partial charge in [-0.15, -0.1) is 0 Å². The van der Waals surface area contributed by atoms with E-state index in [9.17, 15) is 0 Å². The van der Waals surface area contributed by atoms with Crippen LogP contribution in [0.1, 0.15) is 41.1 Å². The molecule has 0 saturated heterocycles. The second-order valence-corrected chi connectivity index (χ2v) is 5.39. The van der Waals surface area contributed by atoms with Crippen molar-refractivity contribution in [2.24, 2.45) is 0 Å². The quantitative estimate of drug-likeness (QED) is 0.905. The Kier molecular flexibility index (Phi) is 3.69. The third kappa shape index (κ3) is 2.90. The highest BCUT2D eigenvalue weighted by atomic mass is 16.3. The van der Waals surface area contributed by atoms with E-state index in [1.54, 1.807) is 11.1 Å². The lowest BCUT2D eigenvalue weighted by Gasteiger charge is -2.16. The highest BCUT2D eigenvalue weighted by Gasteiger charge is 2.10. The van der Waals surface area contributed by atoms with Crippen molar-refractivity contribution < 1.29 is 4.42 Å². The van der Waals surface area contributed by atoms with Gasteiger partial charge in [-0.05, 0) is 61.6 Å². The van der Waals surface area contributed by atoms with Gasteiger partial charge in [-0.25, -0.2) is 0 Å². The minimum Gasteiger partial charge on any atom is -0.464 e. The summed E-state index contributed by atoms with van der Waals surface area (Å²) in [6, 6.07) is 11.1. The Labute approximate surface area is 114 Å². The molecule has 100 valence electrons. The molecule has 1 aliphatic rings. The largest absolute Gasteiger partial charge is 0.464 e. The Morgan fingerprint density at radius 2 is 1.79 bits per heavy atom. The molecule has 2 nitrogen and oxygen atoms in total. The molecule has 0 aliphatic heterocycles. The van der Waals surface area contributed by atoms with Gasteiger partial charge in [0.2, 0.25) is 0 Å². The molecule has 3 rings (SSSR count). The summed E-state index contributed by atoms with van der Waals surface area (Å²) in [6.45, 7) is 0.796. The molecule has 1 aromatic heterocycles. The molecule has 0 saturated carbocycles. The van der Waals surface area contributed by atoms with Crippen molar-refractivity contribution in [3.8, 4) is 0 Å². The fourth-order valence-electron chi connectivity index (χ4n) is 2.88. The monoisotopic (exact) mass is 255 g/mol. The first-order valence-electron chi connectivity index (χ1n) is 7.18. The molecule has 1 aliphatic carbocycles. The summed E-state index contributed by atoms with van der Waals surface area (Å²) in [6.07, 6.45) is 6.08. The standard InChI is InChI=1S/C17H21NO/c1-18-12-17-9-8-16(19-17)11-13-6-7-14-4-2-3-5-15(14)10-13/h6-10,18H,2-5,11-12H2,1H3. The number of nitrogens with one attached hydrogen (secondary N) is 1. The van der Waals surface area contributed by atoms with E-state index >= 15 is 0 Å². The second-order valence-electron chi connectivity index (χ2n) is 5.39. The molecule has 0 unspecified atom stereocenters. The fourth-order valence-corrected chi connectivity index (χ4v) is 2.88. The zero-order valence-electron chi connectivity index (χ0n) is 11.5. The van der Waals surface area contributed by atoms with E-state index in [1.807, 2.05) is 7.05 Å². The Bertz CT molecular complexity index is 556. The summed E-state index contributed by atoms with van der Waals surface area (Å²) >= 11 is 0. The van der Waals surface area contributed by atoms with Crippen LogP contribution in [0.2, 0.25) is 0 Å². The van der Waals surface area contributed by atoms with Crippen LogP contribution in [0.15, 0.2) is 34.7 Å². The van der Waals surface area contributed by atoms with E-state index in [2.05, 4.69) is 35.6 Å². The van der Waals surface area contributed by atoms with Crippen LogP contribution in [0.3, 0.4) is 0 Å². The second kappa shape index (κ2) is 5.62. The van der Waals surface area contributed by atoms with Crippen LogP contribution in [0.5, 0.6) is 0 Å². The summed E-state index contributed by atoms with van der Waals surface area (Å²) in [7, 11) is 1.94. The molecule has 1 heterocycles. The van der Waals surface area contributed by atoms with Crippen LogP contribution in [-0.2, 0) is 25.8 Å². The molecule has 2 aromatic rings. The highest BCUT2D eigenvalue weighted by molar-refractivity contribution is 5.35. The maximum absolute atomic E-state index is 5.81. The van der Waals surface area contributed by atoms with Gasteiger partial charge in [-0.2, -0.15) is 0 Å². The van der Waals surface area contributed by atoms with Crippen LogP contribution in [0, 0.1) is 0 Å². The number of fused-ring (bicyclic) bond motifs is 1. The van der Waals surface area contributed by atoms with Gasteiger partial charge in [0.1, 0.15) is 11.5 Å². The predicted molar refractivity (Wildman–Crippen MR) is 77.4 cm³/mol. The summed E-state index contributed by atoms with van der Waals surface area (Å²) < 4.78 is 5.81. The number of benzene rings is 1. The molecular formula is C17H21NO. The number of furan rings is 1. The molecule has 19 heavy (non-hydrogen) atoms. The fraction of sp³-hybridized carbons (Fsp3) is 0.412. The van der Waals surface area contributed by atoms with Gasteiger partial charge in [0.15, 0.2) is 0 Å². The first-order chi connectivity index (χ1) is 9.35. The Hall–Kier alpha value is -1.54. The normalized spacial score (nSPS) is 14.4. The molecule has 0 bridgehead atoms. The first kappa shape index (κ1) is 12.5. The number of hydrogen-bond acceptors (Lipinski definition) is 2. The van der Waals surface area contributed by atoms with Crippen molar-refractivity contribution in [3.63, 3.8) is 0 Å². The lowest BCUT2D eigenvalue weighted by molar-refractivity contribution is 0.462. The summed E-state index contributed by atoms with van der Waals surface area (Å²) in [4.78, 5) is 0. The maximum atomic E-state index is 5.81. The van der Waals surface area contributed by atoms with Crippen LogP contribution >= 0.6 is 0 Å². The van der Waals surface area contributed by atoms with E-state index in [0.29, 0.717) is 0 Å². The van der Waals surface area contributed by atoms with Crippen LogP contribution < -0.4 is 5.32 Å². The molecular weight excluding hydrogens is 234 g/mol. The average molecular weight is 255 g/mol. The van der Waals surface area contributed by atoms with Gasteiger partial charge < -0.3 is 9.73 Å². The molecule has 2 heteroatoms. The van der Waals surface area contributed by atoms with Crippen molar-refractivity contribution in [1.82, 2.24) is 5.32 Å². The van der Waals surface area contributed by atoms with Gasteiger partial charge >= 0.3 is 0 Å². The third-order valence-corrected chi connectivity index (χ3v) is 3.86. The van der Waals surface area contributed by atoms with Crippen molar-refractivity contribution in [3.05, 3.63) is 58.5 Å². The van der Waals surface area contributed by atoms with Crippen LogP contribution in [-0.4, -0.2) is 7.05 Å². The molecule has 1 N–H and O–H groups in total. The van der Waals surface area contributed by atoms with E-state index in [0.717, 1.165) is 24.5 Å². The molecule has 0 atom stereocenters. The minimum absolute atomic E-state index is 0.796. The maximum Gasteiger partial charge on any atom is 0.117 e. The zero-order chi connectivity index (χ0) is 13.1. The first-order valence-corrected chi connectivity index (χ1v) is 7.18. The molecule has 1 aromatic carbocycles. The topological polar surface area (TPSA) is 25.2 Å². The Morgan fingerprint density at radius 3 is 2.63 bits per heavy atom. The SMILES string of the molecule is CNCc1ccc(Cc2ccc3c(c2)CCCC3)o1. The van der Waals surface area contributed by atoms with E-state index in [-0.39, 0.29) is 0 Å². The van der Waals surface area contributed by atoms with Crippen molar-refractivity contribution in [2.45, 2.75) is 38.6 Å². The average Bonchev–Trinajstić information content (AvgIpc) is 2.86. The van der Waals surface area contributed by atoms with Gasteiger partial charge in [0.05, 0.1) is 6.54 Å². The van der Waals surface area contributed by atoms with E-state index in [1.165, 1.54) is 31.2 Å². The summed E-state index contributed by atoms with van der Waals surface area (Å²) in [5.41, 5.74) is 4.46. The molecule has 0 spiro atoms. The lowest BCUT2D eigenvalue weighted by Crippen LogP contribution is -2.03. The Balaban J connectivity index is 1.75. The van der Waals surface area contributed by atoms with Crippen molar-refractivity contribution >= 4 is 0 Å². The van der Waals surface area contributed by atoms with Crippen LogP contribution in [0.25, 0.3) is 0 Å². The zero-order valence-corrected chi connectivity index (χ0v) is 11.5. The lowest BCUT2D eigenvalue weighted by atomic mass is 9.90. The third-order valence-electron chi connectivity index (χ3n) is 3.86. The summed E-state index contributed by atoms with van der Waals surface area (Å²) in [5.74, 6) is 2.07. The van der Waals surface area contributed by atoms with Gasteiger partial charge in [0.25, 0.3) is 0 Å². The molecule has 0 radical (unpaired) electrons. The molecule has 0 fully saturated rings. The number of hydrogen-bond donors (Lipinski definition) is 1. The number of rotatable bonds is 4. The van der Waals surface area contributed by atoms with Gasteiger partial charge in [-0.3, -0.25) is 0 Å². The smallest absolute Gasteiger partial charge is 0.117 e. The summed E-state index contributed by atoms with van der Waals surface area (Å²) in [5, 5.41) is 3.11. The van der Waals surface area contributed by atoms with Gasteiger partial charge in [0, 0.05) is 6.42 Å².